The lowest BCUT2D eigenvalue weighted by Gasteiger charge is -2.27. The number of aromatic nitrogens is 2. The Morgan fingerprint density at radius 1 is 1.19 bits per heavy atom. The van der Waals surface area contributed by atoms with Crippen LogP contribution in [0, 0.1) is 0 Å². The largest absolute Gasteiger partial charge is 0.302 e. The molecule has 0 radical (unpaired) electrons. The topological polar surface area (TPSA) is 41.1 Å². The summed E-state index contributed by atoms with van der Waals surface area (Å²) < 4.78 is 0. The summed E-state index contributed by atoms with van der Waals surface area (Å²) in [5.74, 6) is 0.938. The highest BCUT2D eigenvalue weighted by atomic mass is 32.1. The molecule has 2 aromatic heterocycles. The molecule has 1 N–H and O–H groups in total. The summed E-state index contributed by atoms with van der Waals surface area (Å²) in [4.78, 5) is 9.61. The summed E-state index contributed by atoms with van der Waals surface area (Å²) in [5.41, 5.74) is 3.40. The highest BCUT2D eigenvalue weighted by Crippen LogP contribution is 2.24. The maximum absolute atomic E-state index is 4.32. The molecule has 0 saturated carbocycles. The van der Waals surface area contributed by atoms with Crippen LogP contribution < -0.4 is 5.43 Å². The number of hydrogen-bond acceptors (Lipinski definition) is 5. The lowest BCUT2D eigenvalue weighted by molar-refractivity contribution is 0.272. The second-order valence-corrected chi connectivity index (χ2v) is 4.92. The third kappa shape index (κ3) is 1.88. The Morgan fingerprint density at radius 3 is 2.94 bits per heavy atom. The summed E-state index contributed by atoms with van der Waals surface area (Å²) in [6.07, 6.45) is 5.51. The fourth-order valence-corrected chi connectivity index (χ4v) is 2.77. The van der Waals surface area contributed by atoms with Crippen LogP contribution in [0.1, 0.15) is 19.3 Å². The molecule has 16 heavy (non-hydrogen) atoms. The fourth-order valence-electron chi connectivity index (χ4n) is 2.03. The molecule has 1 aliphatic rings. The van der Waals surface area contributed by atoms with E-state index in [1.54, 1.807) is 17.7 Å². The molecule has 1 aliphatic heterocycles. The summed E-state index contributed by atoms with van der Waals surface area (Å²) in [5, 5.41) is 5.43. The standard InChI is InChI=1S/C11H14N4S/c1-2-5-15(6-3-1)14-10-9-4-7-16-11(9)13-8-12-10/h4,7-8H,1-3,5-6H2,(H,12,13,14). The minimum Gasteiger partial charge on any atom is -0.302 e. The second kappa shape index (κ2) is 4.35. The monoisotopic (exact) mass is 234 g/mol. The van der Waals surface area contributed by atoms with Gasteiger partial charge in [-0.25, -0.2) is 15.0 Å². The Balaban J connectivity index is 1.85. The number of piperidine rings is 1. The van der Waals surface area contributed by atoms with Gasteiger partial charge in [0.15, 0.2) is 5.82 Å². The van der Waals surface area contributed by atoms with Crippen molar-refractivity contribution in [2.45, 2.75) is 19.3 Å². The Bertz CT molecular complexity index is 476. The van der Waals surface area contributed by atoms with Gasteiger partial charge in [-0.2, -0.15) is 0 Å². The van der Waals surface area contributed by atoms with E-state index in [1.807, 2.05) is 0 Å². The predicted octanol–water partition coefficient (Wildman–Crippen LogP) is 2.50. The maximum atomic E-state index is 4.32. The number of thiophene rings is 1. The Morgan fingerprint density at radius 2 is 2.06 bits per heavy atom. The highest BCUT2D eigenvalue weighted by Gasteiger charge is 2.12. The van der Waals surface area contributed by atoms with E-state index in [-0.39, 0.29) is 0 Å². The molecule has 0 spiro atoms. The molecule has 84 valence electrons. The van der Waals surface area contributed by atoms with E-state index in [0.29, 0.717) is 0 Å². The number of nitrogens with one attached hydrogen (secondary N) is 1. The molecule has 0 aromatic carbocycles. The van der Waals surface area contributed by atoms with Gasteiger partial charge in [0.25, 0.3) is 0 Å². The average Bonchev–Trinajstić information content (AvgIpc) is 2.80. The van der Waals surface area contributed by atoms with Gasteiger partial charge in [-0.05, 0) is 24.3 Å². The maximum Gasteiger partial charge on any atom is 0.152 e. The van der Waals surface area contributed by atoms with Crippen molar-refractivity contribution in [1.82, 2.24) is 15.0 Å². The summed E-state index contributed by atoms with van der Waals surface area (Å²) in [7, 11) is 0. The predicted molar refractivity (Wildman–Crippen MR) is 66.5 cm³/mol. The van der Waals surface area contributed by atoms with Gasteiger partial charge in [0, 0.05) is 13.1 Å². The van der Waals surface area contributed by atoms with Crippen molar-refractivity contribution in [2.24, 2.45) is 0 Å². The average molecular weight is 234 g/mol. The van der Waals surface area contributed by atoms with E-state index in [2.05, 4.69) is 31.8 Å². The summed E-state index contributed by atoms with van der Waals surface area (Å²) >= 11 is 1.65. The number of hydrogen-bond donors (Lipinski definition) is 1. The van der Waals surface area contributed by atoms with Gasteiger partial charge in [0.2, 0.25) is 0 Å². The molecule has 5 heteroatoms. The summed E-state index contributed by atoms with van der Waals surface area (Å²) in [6.45, 7) is 2.21. The zero-order valence-corrected chi connectivity index (χ0v) is 9.83. The SMILES string of the molecule is c1nc(NN2CCCCC2)c2ccsc2n1. The van der Waals surface area contributed by atoms with Crippen LogP contribution in [0.5, 0.6) is 0 Å². The van der Waals surface area contributed by atoms with Crippen LogP contribution >= 0.6 is 11.3 Å². The fraction of sp³-hybridized carbons (Fsp3) is 0.455. The van der Waals surface area contributed by atoms with Crippen LogP contribution in [-0.2, 0) is 0 Å². The van der Waals surface area contributed by atoms with Crippen molar-refractivity contribution in [3.63, 3.8) is 0 Å². The minimum absolute atomic E-state index is 0.938. The van der Waals surface area contributed by atoms with Crippen molar-refractivity contribution in [3.05, 3.63) is 17.8 Å². The van der Waals surface area contributed by atoms with E-state index in [4.69, 9.17) is 0 Å². The van der Waals surface area contributed by atoms with E-state index in [0.717, 1.165) is 29.1 Å². The lowest BCUT2D eigenvalue weighted by Crippen LogP contribution is -2.35. The van der Waals surface area contributed by atoms with Crippen molar-refractivity contribution in [2.75, 3.05) is 18.5 Å². The normalized spacial score (nSPS) is 17.8. The third-order valence-electron chi connectivity index (χ3n) is 2.88. The Labute approximate surface area is 98.3 Å². The van der Waals surface area contributed by atoms with Crippen LogP contribution in [0.3, 0.4) is 0 Å². The second-order valence-electron chi connectivity index (χ2n) is 4.02. The van der Waals surface area contributed by atoms with E-state index in [9.17, 15) is 0 Å². The zero-order chi connectivity index (χ0) is 10.8. The third-order valence-corrected chi connectivity index (χ3v) is 3.70. The molecular weight excluding hydrogens is 220 g/mol. The first-order valence-electron chi connectivity index (χ1n) is 5.63. The molecule has 3 rings (SSSR count). The molecule has 1 fully saturated rings. The van der Waals surface area contributed by atoms with Gasteiger partial charge in [-0.15, -0.1) is 11.3 Å². The molecule has 0 amide bonds. The van der Waals surface area contributed by atoms with Gasteiger partial charge < -0.3 is 5.43 Å². The van der Waals surface area contributed by atoms with Crippen LogP contribution in [0.2, 0.25) is 0 Å². The molecule has 1 saturated heterocycles. The van der Waals surface area contributed by atoms with Crippen molar-refractivity contribution in [1.29, 1.82) is 0 Å². The van der Waals surface area contributed by atoms with Gasteiger partial charge in [-0.1, -0.05) is 6.42 Å². The molecule has 4 nitrogen and oxygen atoms in total. The van der Waals surface area contributed by atoms with Gasteiger partial charge in [0.1, 0.15) is 11.2 Å². The molecule has 0 unspecified atom stereocenters. The van der Waals surface area contributed by atoms with E-state index < -0.39 is 0 Å². The van der Waals surface area contributed by atoms with Gasteiger partial charge in [0.05, 0.1) is 5.39 Å². The molecule has 0 atom stereocenters. The molecular formula is C11H14N4S. The van der Waals surface area contributed by atoms with Crippen LogP contribution in [0.25, 0.3) is 10.2 Å². The first-order valence-corrected chi connectivity index (χ1v) is 6.51. The first-order chi connectivity index (χ1) is 7.93. The summed E-state index contributed by atoms with van der Waals surface area (Å²) in [6, 6.07) is 2.08. The van der Waals surface area contributed by atoms with Crippen molar-refractivity contribution < 1.29 is 0 Å². The van der Waals surface area contributed by atoms with Crippen LogP contribution in [0.15, 0.2) is 17.8 Å². The minimum atomic E-state index is 0.938. The molecule has 2 aromatic rings. The van der Waals surface area contributed by atoms with E-state index >= 15 is 0 Å². The lowest BCUT2D eigenvalue weighted by atomic mass is 10.2. The number of rotatable bonds is 2. The van der Waals surface area contributed by atoms with Gasteiger partial charge in [-0.3, -0.25) is 0 Å². The number of fused-ring (bicyclic) bond motifs is 1. The number of anilines is 1. The smallest absolute Gasteiger partial charge is 0.152 e. The van der Waals surface area contributed by atoms with Gasteiger partial charge >= 0.3 is 0 Å². The first kappa shape index (κ1) is 9.99. The van der Waals surface area contributed by atoms with Crippen LogP contribution in [-0.4, -0.2) is 28.1 Å². The Kier molecular flexibility index (Phi) is 2.71. The van der Waals surface area contributed by atoms with Crippen molar-refractivity contribution >= 4 is 27.4 Å². The van der Waals surface area contributed by atoms with Crippen molar-refractivity contribution in [3.8, 4) is 0 Å². The quantitative estimate of drug-likeness (QED) is 0.867. The zero-order valence-electron chi connectivity index (χ0n) is 9.02. The highest BCUT2D eigenvalue weighted by molar-refractivity contribution is 7.16. The number of nitrogens with zero attached hydrogens (tertiary/aromatic N) is 3. The number of hydrazine groups is 1. The Hall–Kier alpha value is -1.20. The van der Waals surface area contributed by atoms with Crippen LogP contribution in [0.4, 0.5) is 5.82 Å². The molecule has 0 aliphatic carbocycles. The van der Waals surface area contributed by atoms with E-state index in [1.165, 1.54) is 19.3 Å². The molecule has 3 heterocycles. The molecule has 0 bridgehead atoms.